The van der Waals surface area contributed by atoms with E-state index in [1.54, 1.807) is 12.1 Å². The molecule has 7 nitrogen and oxygen atoms in total. The first-order chi connectivity index (χ1) is 14.6. The molecule has 11 heteroatoms. The highest BCUT2D eigenvalue weighted by atomic mass is 35.5. The van der Waals surface area contributed by atoms with E-state index in [1.807, 2.05) is 24.8 Å². The van der Waals surface area contributed by atoms with Crippen molar-refractivity contribution >= 4 is 34.7 Å². The number of piperidine rings is 1. The summed E-state index contributed by atoms with van der Waals surface area (Å²) in [7, 11) is 0. The lowest BCUT2D eigenvalue weighted by Crippen LogP contribution is -2.39. The third-order valence-corrected chi connectivity index (χ3v) is 5.67. The molecule has 0 unspecified atom stereocenters. The summed E-state index contributed by atoms with van der Waals surface area (Å²) in [6.45, 7) is 4.80. The molecule has 164 valence electrons. The standard InChI is InChI=1S/C20H20ClF3N6O/c1-11-9-12(2)17(14(21)10-11)25-18(31)13-5-7-29(8-6-13)16-4-3-15-26-27-19(20(22,23)24)30(15)28-16/h3-4,9-10,13H,5-8H2,1-2H3,(H,25,31). The van der Waals surface area contributed by atoms with Crippen LogP contribution in [-0.4, -0.2) is 38.8 Å². The number of amides is 1. The highest BCUT2D eigenvalue weighted by Gasteiger charge is 2.38. The van der Waals surface area contributed by atoms with Crippen LogP contribution in [0.1, 0.15) is 29.8 Å². The maximum Gasteiger partial charge on any atom is 0.453 e. The van der Waals surface area contributed by atoms with Crippen LogP contribution in [0.3, 0.4) is 0 Å². The normalized spacial score (nSPS) is 15.5. The lowest BCUT2D eigenvalue weighted by molar-refractivity contribution is -0.146. The quantitative estimate of drug-likeness (QED) is 0.642. The molecule has 1 fully saturated rings. The van der Waals surface area contributed by atoms with Gasteiger partial charge < -0.3 is 10.2 Å². The fourth-order valence-corrected chi connectivity index (χ4v) is 4.16. The number of aromatic nitrogens is 4. The summed E-state index contributed by atoms with van der Waals surface area (Å²) in [6.07, 6.45) is -3.56. The number of halogens is 4. The van der Waals surface area contributed by atoms with Crippen molar-refractivity contribution in [1.29, 1.82) is 0 Å². The van der Waals surface area contributed by atoms with Crippen molar-refractivity contribution in [3.63, 3.8) is 0 Å². The molecule has 0 spiro atoms. The first-order valence-electron chi connectivity index (χ1n) is 9.75. The molecular weight excluding hydrogens is 433 g/mol. The Morgan fingerprint density at radius 3 is 2.52 bits per heavy atom. The fourth-order valence-electron chi connectivity index (χ4n) is 3.79. The first-order valence-corrected chi connectivity index (χ1v) is 10.1. The van der Waals surface area contributed by atoms with Gasteiger partial charge in [-0.15, -0.1) is 15.3 Å². The Bertz CT molecular complexity index is 1110. The van der Waals surface area contributed by atoms with Crippen molar-refractivity contribution in [3.05, 3.63) is 46.2 Å². The van der Waals surface area contributed by atoms with Gasteiger partial charge in [0.25, 0.3) is 5.82 Å². The van der Waals surface area contributed by atoms with Crippen molar-refractivity contribution in [1.82, 2.24) is 19.8 Å². The minimum absolute atomic E-state index is 0.0238. The smallest absolute Gasteiger partial charge is 0.355 e. The number of carbonyl (C=O) groups excluding carboxylic acids is 1. The van der Waals surface area contributed by atoms with Crippen molar-refractivity contribution < 1.29 is 18.0 Å². The molecule has 1 saturated heterocycles. The molecule has 1 N–H and O–H groups in total. The van der Waals surface area contributed by atoms with Gasteiger partial charge >= 0.3 is 6.18 Å². The van der Waals surface area contributed by atoms with Crippen LogP contribution >= 0.6 is 11.6 Å². The van der Waals surface area contributed by atoms with E-state index in [4.69, 9.17) is 11.6 Å². The molecule has 1 amide bonds. The number of hydrogen-bond donors (Lipinski definition) is 1. The molecule has 0 radical (unpaired) electrons. The predicted molar refractivity (Wildman–Crippen MR) is 110 cm³/mol. The fraction of sp³-hybridized carbons (Fsp3) is 0.400. The zero-order chi connectivity index (χ0) is 22.3. The Balaban J connectivity index is 1.45. The largest absolute Gasteiger partial charge is 0.453 e. The molecule has 3 heterocycles. The number of benzene rings is 1. The van der Waals surface area contributed by atoms with Gasteiger partial charge in [0.05, 0.1) is 10.7 Å². The molecule has 2 aromatic heterocycles. The van der Waals surface area contributed by atoms with Crippen LogP contribution in [0.5, 0.6) is 0 Å². The summed E-state index contributed by atoms with van der Waals surface area (Å²) in [5.74, 6) is -1.12. The summed E-state index contributed by atoms with van der Waals surface area (Å²) < 4.78 is 40.0. The van der Waals surface area contributed by atoms with Gasteiger partial charge in [0.1, 0.15) is 5.82 Å². The molecule has 3 aromatic rings. The molecule has 0 saturated carbocycles. The summed E-state index contributed by atoms with van der Waals surface area (Å²) in [6, 6.07) is 6.81. The number of nitrogens with one attached hydrogen (secondary N) is 1. The number of fused-ring (bicyclic) bond motifs is 1. The average molecular weight is 453 g/mol. The Morgan fingerprint density at radius 2 is 1.87 bits per heavy atom. The van der Waals surface area contributed by atoms with Crippen LogP contribution < -0.4 is 10.2 Å². The van der Waals surface area contributed by atoms with Crippen molar-refractivity contribution in [3.8, 4) is 0 Å². The number of hydrogen-bond acceptors (Lipinski definition) is 5. The van der Waals surface area contributed by atoms with Crippen molar-refractivity contribution in [2.45, 2.75) is 32.9 Å². The summed E-state index contributed by atoms with van der Waals surface area (Å²) in [5, 5.41) is 14.2. The van der Waals surface area contributed by atoms with Gasteiger partial charge in [-0.1, -0.05) is 17.7 Å². The van der Waals surface area contributed by atoms with E-state index >= 15 is 0 Å². The second kappa shape index (κ2) is 7.99. The van der Waals surface area contributed by atoms with Gasteiger partial charge in [-0.05, 0) is 56.0 Å². The number of aryl methyl sites for hydroxylation is 2. The van der Waals surface area contributed by atoms with Crippen molar-refractivity contribution in [2.24, 2.45) is 5.92 Å². The van der Waals surface area contributed by atoms with E-state index in [1.165, 1.54) is 6.07 Å². The topological polar surface area (TPSA) is 75.4 Å². The number of alkyl halides is 3. The van der Waals surface area contributed by atoms with E-state index in [0.717, 1.165) is 11.1 Å². The van der Waals surface area contributed by atoms with Crippen LogP contribution in [0, 0.1) is 19.8 Å². The molecule has 0 bridgehead atoms. The van der Waals surface area contributed by atoms with E-state index in [-0.39, 0.29) is 17.5 Å². The molecule has 1 aliphatic heterocycles. The Hall–Kier alpha value is -2.88. The van der Waals surface area contributed by atoms with E-state index in [9.17, 15) is 18.0 Å². The summed E-state index contributed by atoms with van der Waals surface area (Å²) >= 11 is 6.28. The molecule has 4 rings (SSSR count). The average Bonchev–Trinajstić information content (AvgIpc) is 3.14. The van der Waals surface area contributed by atoms with Crippen molar-refractivity contribution in [2.75, 3.05) is 23.3 Å². The van der Waals surface area contributed by atoms with Crippen LogP contribution in [0.2, 0.25) is 5.02 Å². The third-order valence-electron chi connectivity index (χ3n) is 5.37. The monoisotopic (exact) mass is 452 g/mol. The van der Waals surface area contributed by atoms with Crippen LogP contribution in [-0.2, 0) is 11.0 Å². The molecule has 0 atom stereocenters. The van der Waals surface area contributed by atoms with Gasteiger partial charge in [-0.2, -0.15) is 17.7 Å². The maximum atomic E-state index is 13.1. The van der Waals surface area contributed by atoms with Crippen LogP contribution in [0.15, 0.2) is 24.3 Å². The number of nitrogens with zero attached hydrogens (tertiary/aromatic N) is 5. The maximum absolute atomic E-state index is 13.1. The van der Waals surface area contributed by atoms with E-state index in [2.05, 4.69) is 20.6 Å². The molecule has 31 heavy (non-hydrogen) atoms. The first kappa shape index (κ1) is 21.4. The highest BCUT2D eigenvalue weighted by molar-refractivity contribution is 6.34. The third kappa shape index (κ3) is 4.30. The minimum atomic E-state index is -4.65. The summed E-state index contributed by atoms with van der Waals surface area (Å²) in [5.41, 5.74) is 2.54. The molecule has 1 aliphatic rings. The van der Waals surface area contributed by atoms with Gasteiger partial charge in [0, 0.05) is 19.0 Å². The lowest BCUT2D eigenvalue weighted by atomic mass is 9.95. The minimum Gasteiger partial charge on any atom is -0.355 e. The lowest BCUT2D eigenvalue weighted by Gasteiger charge is -2.32. The van der Waals surface area contributed by atoms with E-state index < -0.39 is 12.0 Å². The predicted octanol–water partition coefficient (Wildman–Crippen LogP) is 4.27. The number of rotatable bonds is 3. The van der Waals surface area contributed by atoms with Gasteiger partial charge in [0.2, 0.25) is 5.91 Å². The molecule has 0 aliphatic carbocycles. The molecule has 1 aromatic carbocycles. The van der Waals surface area contributed by atoms with Gasteiger partial charge in [-0.3, -0.25) is 4.79 Å². The van der Waals surface area contributed by atoms with Crippen LogP contribution in [0.25, 0.3) is 5.65 Å². The zero-order valence-corrected chi connectivity index (χ0v) is 17.6. The van der Waals surface area contributed by atoms with Crippen LogP contribution in [0.4, 0.5) is 24.7 Å². The molecular formula is C20H20ClF3N6O. The second-order valence-electron chi connectivity index (χ2n) is 7.67. The van der Waals surface area contributed by atoms with E-state index in [0.29, 0.717) is 47.0 Å². The summed E-state index contributed by atoms with van der Waals surface area (Å²) in [4.78, 5) is 14.6. The second-order valence-corrected chi connectivity index (χ2v) is 8.08. The Labute approximate surface area is 181 Å². The van der Waals surface area contributed by atoms with Gasteiger partial charge in [0.15, 0.2) is 5.65 Å². The Morgan fingerprint density at radius 1 is 1.16 bits per heavy atom. The van der Waals surface area contributed by atoms with Gasteiger partial charge in [-0.25, -0.2) is 0 Å². The Kier molecular flexibility index (Phi) is 5.50. The SMILES string of the molecule is Cc1cc(C)c(NC(=O)C2CCN(c3ccc4nnc(C(F)(F)F)n4n3)CC2)c(Cl)c1. The zero-order valence-electron chi connectivity index (χ0n) is 16.9. The number of anilines is 2. The number of carbonyl (C=O) groups is 1. The highest BCUT2D eigenvalue weighted by Crippen LogP contribution is 2.30.